The maximum absolute atomic E-state index is 13.1. The Balaban J connectivity index is 1.88. The molecule has 0 spiro atoms. The summed E-state index contributed by atoms with van der Waals surface area (Å²) in [6.45, 7) is 0. The average molecular weight is 364 g/mol. The third kappa shape index (κ3) is 3.35. The number of sulfonamides is 1. The molecule has 0 unspecified atom stereocenters. The lowest BCUT2D eigenvalue weighted by molar-refractivity contribution is -0.118. The van der Waals surface area contributed by atoms with Gasteiger partial charge in [0.2, 0.25) is 15.9 Å². The van der Waals surface area contributed by atoms with Crippen molar-refractivity contribution in [3.8, 4) is 5.75 Å². The van der Waals surface area contributed by atoms with Crippen molar-refractivity contribution in [2.24, 2.45) is 5.14 Å². The molecule has 0 saturated heterocycles. The van der Waals surface area contributed by atoms with E-state index in [1.807, 2.05) is 0 Å². The fourth-order valence-corrected chi connectivity index (χ4v) is 3.49. The number of amides is 1. The number of primary sulfonamides is 1. The van der Waals surface area contributed by atoms with Gasteiger partial charge in [-0.15, -0.1) is 0 Å². The van der Waals surface area contributed by atoms with Crippen molar-refractivity contribution in [1.29, 1.82) is 0 Å². The molecule has 0 aromatic heterocycles. The van der Waals surface area contributed by atoms with Crippen LogP contribution in [0.15, 0.2) is 47.4 Å². The second kappa shape index (κ2) is 6.12. The van der Waals surface area contributed by atoms with Gasteiger partial charge in [-0.3, -0.25) is 4.79 Å². The van der Waals surface area contributed by atoms with Crippen molar-refractivity contribution >= 4 is 21.6 Å². The molecular weight excluding hydrogens is 347 g/mol. The number of methoxy groups -OCH3 is 1. The van der Waals surface area contributed by atoms with Gasteiger partial charge in [0.05, 0.1) is 12.5 Å². The number of anilines is 1. The predicted molar refractivity (Wildman–Crippen MR) is 90.3 cm³/mol. The molecule has 8 heteroatoms. The summed E-state index contributed by atoms with van der Waals surface area (Å²) in [5.41, 5.74) is 0.310. The number of carbonyl (C=O) groups excluding carboxylic acids is 1. The predicted octanol–water partition coefficient (Wildman–Crippen LogP) is 2.15. The third-order valence-corrected chi connectivity index (χ3v) is 5.24. The molecule has 1 aliphatic carbocycles. The fraction of sp³-hybridized carbons (Fsp3) is 0.235. The molecule has 25 heavy (non-hydrogen) atoms. The first-order chi connectivity index (χ1) is 11.8. The molecule has 2 aromatic rings. The van der Waals surface area contributed by atoms with Gasteiger partial charge < -0.3 is 10.1 Å². The third-order valence-electron chi connectivity index (χ3n) is 4.31. The number of ether oxygens (including phenoxy) is 1. The van der Waals surface area contributed by atoms with E-state index in [1.165, 1.54) is 37.4 Å². The molecular formula is C17H17FN2O4S. The number of nitrogens with two attached hydrogens (primary N) is 1. The lowest BCUT2D eigenvalue weighted by Crippen LogP contribution is -2.28. The van der Waals surface area contributed by atoms with E-state index in [-0.39, 0.29) is 22.4 Å². The van der Waals surface area contributed by atoms with Gasteiger partial charge >= 0.3 is 0 Å². The molecule has 0 radical (unpaired) electrons. The van der Waals surface area contributed by atoms with Gasteiger partial charge in [0.25, 0.3) is 0 Å². The van der Waals surface area contributed by atoms with Gasteiger partial charge in [-0.25, -0.2) is 17.9 Å². The standard InChI is InChI=1S/C17H17FN2O4S/c1-24-14-7-6-13(10-15(14)25(19,22)23)20-16(21)17(8-9-17)11-2-4-12(18)5-3-11/h2-7,10H,8-9H2,1H3,(H,20,21)(H2,19,22,23). The summed E-state index contributed by atoms with van der Waals surface area (Å²) in [7, 11) is -2.67. The summed E-state index contributed by atoms with van der Waals surface area (Å²) in [6.07, 6.45) is 1.28. The number of hydrogen-bond donors (Lipinski definition) is 2. The maximum atomic E-state index is 13.1. The molecule has 132 valence electrons. The van der Waals surface area contributed by atoms with E-state index < -0.39 is 15.4 Å². The smallest absolute Gasteiger partial charge is 0.241 e. The average Bonchev–Trinajstić information content (AvgIpc) is 3.36. The van der Waals surface area contributed by atoms with Gasteiger partial charge in [0, 0.05) is 5.69 Å². The van der Waals surface area contributed by atoms with E-state index in [4.69, 9.17) is 9.88 Å². The minimum Gasteiger partial charge on any atom is -0.495 e. The summed E-state index contributed by atoms with van der Waals surface area (Å²) in [5, 5.41) is 7.89. The van der Waals surface area contributed by atoms with Gasteiger partial charge in [-0.05, 0) is 48.7 Å². The Bertz CT molecular complexity index is 922. The molecule has 3 rings (SSSR count). The van der Waals surface area contributed by atoms with Crippen LogP contribution in [0.1, 0.15) is 18.4 Å². The zero-order valence-corrected chi connectivity index (χ0v) is 14.3. The van der Waals surface area contributed by atoms with Crippen molar-refractivity contribution in [1.82, 2.24) is 0 Å². The van der Waals surface area contributed by atoms with Gasteiger partial charge in [0.15, 0.2) is 0 Å². The van der Waals surface area contributed by atoms with Crippen molar-refractivity contribution in [2.45, 2.75) is 23.2 Å². The first-order valence-corrected chi connectivity index (χ1v) is 9.09. The minimum absolute atomic E-state index is 0.0974. The molecule has 1 fully saturated rings. The molecule has 0 bridgehead atoms. The van der Waals surface area contributed by atoms with E-state index in [1.54, 1.807) is 12.1 Å². The number of benzene rings is 2. The second-order valence-electron chi connectivity index (χ2n) is 5.95. The summed E-state index contributed by atoms with van der Waals surface area (Å²) in [4.78, 5) is 12.5. The zero-order valence-electron chi connectivity index (χ0n) is 13.5. The van der Waals surface area contributed by atoms with Gasteiger partial charge in [-0.1, -0.05) is 12.1 Å². The summed E-state index contributed by atoms with van der Waals surface area (Å²) >= 11 is 0. The molecule has 1 saturated carbocycles. The largest absolute Gasteiger partial charge is 0.495 e. The van der Waals surface area contributed by atoms with Crippen molar-refractivity contribution in [3.63, 3.8) is 0 Å². The highest BCUT2D eigenvalue weighted by atomic mass is 32.2. The first-order valence-electron chi connectivity index (χ1n) is 7.55. The second-order valence-corrected chi connectivity index (χ2v) is 7.48. The van der Waals surface area contributed by atoms with Crippen molar-refractivity contribution in [3.05, 3.63) is 53.8 Å². The Hall–Kier alpha value is -2.45. The Morgan fingerprint density at radius 3 is 2.36 bits per heavy atom. The molecule has 1 amide bonds. The summed E-state index contributed by atoms with van der Waals surface area (Å²) in [5.74, 6) is -0.544. The van der Waals surface area contributed by atoms with E-state index in [9.17, 15) is 17.6 Å². The number of nitrogens with one attached hydrogen (secondary N) is 1. The van der Waals surface area contributed by atoms with Crippen molar-refractivity contribution in [2.75, 3.05) is 12.4 Å². The van der Waals surface area contributed by atoms with Crippen molar-refractivity contribution < 1.29 is 22.3 Å². The molecule has 2 aromatic carbocycles. The Morgan fingerprint density at radius 1 is 1.20 bits per heavy atom. The molecule has 0 atom stereocenters. The van der Waals surface area contributed by atoms with Crippen LogP contribution in [-0.4, -0.2) is 21.4 Å². The van der Waals surface area contributed by atoms with Crippen LogP contribution in [-0.2, 0) is 20.2 Å². The Morgan fingerprint density at radius 2 is 1.84 bits per heavy atom. The van der Waals surface area contributed by atoms with Crippen LogP contribution in [0.2, 0.25) is 0 Å². The highest BCUT2D eigenvalue weighted by Gasteiger charge is 2.51. The molecule has 6 nitrogen and oxygen atoms in total. The van der Waals surface area contributed by atoms with Gasteiger partial charge in [-0.2, -0.15) is 0 Å². The molecule has 3 N–H and O–H groups in total. The van der Waals surface area contributed by atoms with Crippen LogP contribution >= 0.6 is 0 Å². The van der Waals surface area contributed by atoms with Crippen LogP contribution in [0.5, 0.6) is 5.75 Å². The zero-order chi connectivity index (χ0) is 18.2. The number of halogens is 1. The lowest BCUT2D eigenvalue weighted by Gasteiger charge is -2.17. The normalized spacial score (nSPS) is 15.5. The van der Waals surface area contributed by atoms with Gasteiger partial charge in [0.1, 0.15) is 16.5 Å². The molecule has 0 aliphatic heterocycles. The molecule has 0 heterocycles. The minimum atomic E-state index is -4.00. The lowest BCUT2D eigenvalue weighted by atomic mass is 9.95. The van der Waals surface area contributed by atoms with Crippen LogP contribution in [0.3, 0.4) is 0 Å². The van der Waals surface area contributed by atoms with Crippen LogP contribution in [0, 0.1) is 5.82 Å². The highest BCUT2D eigenvalue weighted by Crippen LogP contribution is 2.49. The Labute approximate surface area is 144 Å². The SMILES string of the molecule is COc1ccc(NC(=O)C2(c3ccc(F)cc3)CC2)cc1S(N)(=O)=O. The van der Waals surface area contributed by atoms with E-state index >= 15 is 0 Å². The van der Waals surface area contributed by atoms with E-state index in [2.05, 4.69) is 5.32 Å². The van der Waals surface area contributed by atoms with Crippen LogP contribution in [0.4, 0.5) is 10.1 Å². The maximum Gasteiger partial charge on any atom is 0.241 e. The number of carbonyl (C=O) groups is 1. The Kier molecular flexibility index (Phi) is 4.26. The quantitative estimate of drug-likeness (QED) is 0.849. The summed E-state index contributed by atoms with van der Waals surface area (Å²) < 4.78 is 41.4. The number of hydrogen-bond acceptors (Lipinski definition) is 4. The first kappa shape index (κ1) is 17.4. The van der Waals surface area contributed by atoms with E-state index in [0.29, 0.717) is 18.5 Å². The number of rotatable bonds is 5. The van der Waals surface area contributed by atoms with Crippen LogP contribution < -0.4 is 15.2 Å². The van der Waals surface area contributed by atoms with Crippen LogP contribution in [0.25, 0.3) is 0 Å². The molecule has 1 aliphatic rings. The fourth-order valence-electron chi connectivity index (χ4n) is 2.77. The highest BCUT2D eigenvalue weighted by molar-refractivity contribution is 7.89. The monoisotopic (exact) mass is 364 g/mol. The topological polar surface area (TPSA) is 98.5 Å². The van der Waals surface area contributed by atoms with E-state index in [0.717, 1.165) is 5.56 Å². The summed E-state index contributed by atoms with van der Waals surface area (Å²) in [6, 6.07) is 10.0.